The molecule has 10 nitrogen and oxygen atoms in total. The maximum absolute atomic E-state index is 14.0. The molecule has 2 N–H and O–H groups in total. The number of carbonyl (C=O) groups is 2. The molecule has 4 aromatic rings. The molecule has 0 spiro atoms. The first kappa shape index (κ1) is 26.1. The molecule has 1 atom stereocenters. The number of para-hydroxylation sites is 1. The summed E-state index contributed by atoms with van der Waals surface area (Å²) in [4.78, 5) is 33.7. The van der Waals surface area contributed by atoms with Crippen LogP contribution in [-0.2, 0) is 22.7 Å². The Kier molecular flexibility index (Phi) is 8.00. The normalized spacial score (nSPS) is 14.6. The predicted octanol–water partition coefficient (Wildman–Crippen LogP) is 3.76. The van der Waals surface area contributed by atoms with Gasteiger partial charge in [0.05, 0.1) is 12.6 Å². The van der Waals surface area contributed by atoms with Crippen molar-refractivity contribution in [2.45, 2.75) is 57.3 Å². The van der Waals surface area contributed by atoms with Crippen LogP contribution in [0, 0.1) is 0 Å². The van der Waals surface area contributed by atoms with Crippen molar-refractivity contribution in [1.29, 1.82) is 0 Å². The van der Waals surface area contributed by atoms with Gasteiger partial charge in [-0.05, 0) is 54.3 Å². The summed E-state index contributed by atoms with van der Waals surface area (Å²) in [6.45, 7) is 0.0188. The summed E-state index contributed by atoms with van der Waals surface area (Å²) < 4.78 is 6.76. The van der Waals surface area contributed by atoms with Gasteiger partial charge in [0.1, 0.15) is 18.1 Å². The Morgan fingerprint density at radius 1 is 1.13 bits per heavy atom. The number of aromatic nitrogens is 4. The summed E-state index contributed by atoms with van der Waals surface area (Å²) >= 11 is 0. The van der Waals surface area contributed by atoms with Crippen molar-refractivity contribution in [1.82, 2.24) is 30.2 Å². The number of nitrogens with zero attached hydrogens (tertiary/aromatic N) is 5. The molecule has 10 heteroatoms. The van der Waals surface area contributed by atoms with E-state index in [9.17, 15) is 14.7 Å². The van der Waals surface area contributed by atoms with Crippen LogP contribution in [0.1, 0.15) is 49.3 Å². The number of pyridine rings is 1. The van der Waals surface area contributed by atoms with E-state index >= 15 is 0 Å². The van der Waals surface area contributed by atoms with E-state index in [0.29, 0.717) is 11.1 Å². The molecular weight excluding hydrogens is 496 g/mol. The number of rotatable bonds is 9. The highest BCUT2D eigenvalue weighted by molar-refractivity contribution is 5.89. The Labute approximate surface area is 226 Å². The van der Waals surface area contributed by atoms with Gasteiger partial charge in [0, 0.05) is 25.0 Å². The molecule has 0 aliphatic heterocycles. The molecule has 1 fully saturated rings. The monoisotopic (exact) mass is 528 g/mol. The molecule has 2 heterocycles. The van der Waals surface area contributed by atoms with Crippen LogP contribution in [-0.4, -0.2) is 55.0 Å². The minimum absolute atomic E-state index is 0.0372. The van der Waals surface area contributed by atoms with Crippen molar-refractivity contribution < 1.29 is 19.4 Å². The number of aromatic hydroxyl groups is 1. The molecule has 39 heavy (non-hydrogen) atoms. The zero-order chi connectivity index (χ0) is 27.2. The van der Waals surface area contributed by atoms with Gasteiger partial charge < -0.3 is 20.1 Å². The number of amides is 2. The number of phenolic OH excluding ortho intramolecular Hbond substituents is 1. The second-order valence-corrected chi connectivity index (χ2v) is 9.80. The molecule has 0 saturated heterocycles. The molecular formula is C29H32N6O4. The number of carbonyl (C=O) groups excluding carboxylic acids is 2. The van der Waals surface area contributed by atoms with Gasteiger partial charge in [-0.15, -0.1) is 5.10 Å². The number of methoxy groups -OCH3 is 1. The number of ether oxygens (including phenoxy) is 1. The number of phenols is 1. The van der Waals surface area contributed by atoms with E-state index < -0.39 is 6.04 Å². The molecule has 202 valence electrons. The van der Waals surface area contributed by atoms with Crippen molar-refractivity contribution in [3.05, 3.63) is 78.1 Å². The number of benzene rings is 2. The van der Waals surface area contributed by atoms with Crippen molar-refractivity contribution in [2.75, 3.05) is 7.11 Å². The molecule has 2 aromatic heterocycles. The molecule has 0 radical (unpaired) electrons. The summed E-state index contributed by atoms with van der Waals surface area (Å²) in [5, 5.41) is 22.1. The van der Waals surface area contributed by atoms with Crippen molar-refractivity contribution in [3.63, 3.8) is 0 Å². The van der Waals surface area contributed by atoms with Crippen LogP contribution in [0.5, 0.6) is 11.5 Å². The van der Waals surface area contributed by atoms with Crippen LogP contribution in [0.15, 0.2) is 67.0 Å². The van der Waals surface area contributed by atoms with E-state index in [2.05, 4.69) is 20.6 Å². The second kappa shape index (κ2) is 11.9. The van der Waals surface area contributed by atoms with Gasteiger partial charge in [0.25, 0.3) is 0 Å². The average Bonchev–Trinajstić information content (AvgIpc) is 3.36. The fourth-order valence-corrected chi connectivity index (χ4v) is 5.14. The van der Waals surface area contributed by atoms with E-state index in [1.54, 1.807) is 30.6 Å². The lowest BCUT2D eigenvalue weighted by Gasteiger charge is -2.33. The lowest BCUT2D eigenvalue weighted by Crippen LogP contribution is -2.47. The minimum Gasteiger partial charge on any atom is -0.504 e. The van der Waals surface area contributed by atoms with Gasteiger partial charge in [0.15, 0.2) is 11.5 Å². The minimum atomic E-state index is -1.01. The molecule has 2 amide bonds. The summed E-state index contributed by atoms with van der Waals surface area (Å²) in [7, 11) is 1.46. The maximum Gasteiger partial charge on any atom is 0.247 e. The highest BCUT2D eigenvalue weighted by Gasteiger charge is 2.34. The number of hydrogen-bond acceptors (Lipinski definition) is 7. The highest BCUT2D eigenvalue weighted by atomic mass is 16.5. The Hall–Kier alpha value is -4.47. The SMILES string of the molecule is COc1ccc([C@@H](C(=O)NC2CCCCC2)N(Cc2cccnc2)C(=O)Cn2nnc3ccccc32)cc1O. The molecule has 1 aliphatic carbocycles. The highest BCUT2D eigenvalue weighted by Crippen LogP contribution is 2.33. The lowest BCUT2D eigenvalue weighted by atomic mass is 9.94. The zero-order valence-electron chi connectivity index (χ0n) is 21.9. The van der Waals surface area contributed by atoms with Gasteiger partial charge in [-0.2, -0.15) is 0 Å². The van der Waals surface area contributed by atoms with E-state index in [1.807, 2.05) is 30.3 Å². The van der Waals surface area contributed by atoms with Crippen LogP contribution in [0.4, 0.5) is 0 Å². The maximum atomic E-state index is 14.0. The molecule has 5 rings (SSSR count). The smallest absolute Gasteiger partial charge is 0.247 e. The fraction of sp³-hybridized carbons (Fsp3) is 0.345. The van der Waals surface area contributed by atoms with Gasteiger partial charge >= 0.3 is 0 Å². The van der Waals surface area contributed by atoms with Crippen molar-refractivity contribution in [2.24, 2.45) is 0 Å². The van der Waals surface area contributed by atoms with Crippen molar-refractivity contribution in [3.8, 4) is 11.5 Å². The molecule has 1 saturated carbocycles. The predicted molar refractivity (Wildman–Crippen MR) is 145 cm³/mol. The zero-order valence-corrected chi connectivity index (χ0v) is 21.9. The summed E-state index contributed by atoms with van der Waals surface area (Å²) in [6, 6.07) is 14.9. The Morgan fingerprint density at radius 2 is 1.95 bits per heavy atom. The third-order valence-corrected chi connectivity index (χ3v) is 7.13. The summed E-state index contributed by atoms with van der Waals surface area (Å²) in [5.41, 5.74) is 2.64. The number of nitrogens with one attached hydrogen (secondary N) is 1. The first-order chi connectivity index (χ1) is 19.0. The van der Waals surface area contributed by atoms with Crippen LogP contribution in [0.25, 0.3) is 11.0 Å². The standard InChI is InChI=1S/C29H32N6O4/c1-39-26-14-13-21(16-25(26)36)28(29(38)31-22-9-3-2-4-10-22)34(18-20-8-7-15-30-17-20)27(37)19-35-24-12-6-5-11-23(24)32-33-35/h5-8,11-17,22,28,36H,2-4,9-10,18-19H2,1H3,(H,31,38)/t28-/m0/s1. The van der Waals surface area contributed by atoms with Crippen molar-refractivity contribution >= 4 is 22.8 Å². The number of fused-ring (bicyclic) bond motifs is 1. The van der Waals surface area contributed by atoms with Gasteiger partial charge in [-0.1, -0.05) is 48.7 Å². The third kappa shape index (κ3) is 6.00. The van der Waals surface area contributed by atoms with Crippen LogP contribution < -0.4 is 10.1 Å². The molecule has 2 aromatic carbocycles. The average molecular weight is 529 g/mol. The Morgan fingerprint density at radius 3 is 2.69 bits per heavy atom. The van der Waals surface area contributed by atoms with Crippen LogP contribution in [0.2, 0.25) is 0 Å². The molecule has 1 aliphatic rings. The first-order valence-electron chi connectivity index (χ1n) is 13.2. The largest absolute Gasteiger partial charge is 0.504 e. The van der Waals surface area contributed by atoms with Crippen LogP contribution in [0.3, 0.4) is 0 Å². The van der Waals surface area contributed by atoms with E-state index in [4.69, 9.17) is 4.74 Å². The lowest BCUT2D eigenvalue weighted by molar-refractivity contribution is -0.142. The van der Waals surface area contributed by atoms with Gasteiger partial charge in [0.2, 0.25) is 11.8 Å². The van der Waals surface area contributed by atoms with E-state index in [0.717, 1.165) is 43.2 Å². The van der Waals surface area contributed by atoms with Gasteiger partial charge in [-0.3, -0.25) is 14.6 Å². The Balaban J connectivity index is 1.53. The van der Waals surface area contributed by atoms with E-state index in [-0.39, 0.29) is 42.4 Å². The van der Waals surface area contributed by atoms with E-state index in [1.165, 1.54) is 22.8 Å². The fourth-order valence-electron chi connectivity index (χ4n) is 5.14. The first-order valence-corrected chi connectivity index (χ1v) is 13.2. The Bertz CT molecular complexity index is 1430. The van der Waals surface area contributed by atoms with Crippen LogP contribution >= 0.6 is 0 Å². The summed E-state index contributed by atoms with van der Waals surface area (Å²) in [5.74, 6) is -0.452. The molecule has 0 bridgehead atoms. The second-order valence-electron chi connectivity index (χ2n) is 9.80. The summed E-state index contributed by atoms with van der Waals surface area (Å²) in [6.07, 6.45) is 8.38. The number of hydrogen-bond donors (Lipinski definition) is 2. The van der Waals surface area contributed by atoms with Gasteiger partial charge in [-0.25, -0.2) is 4.68 Å². The third-order valence-electron chi connectivity index (χ3n) is 7.13. The quantitative estimate of drug-likeness (QED) is 0.339. The topological polar surface area (TPSA) is 122 Å². The molecule has 0 unspecified atom stereocenters.